The minimum absolute atomic E-state index is 0.0345. The minimum Gasteiger partial charge on any atom is -0.494 e. The van der Waals surface area contributed by atoms with Crippen LogP contribution in [-0.4, -0.2) is 27.8 Å². The zero-order valence-electron chi connectivity index (χ0n) is 14.7. The summed E-state index contributed by atoms with van der Waals surface area (Å²) in [5.41, 5.74) is 2.51. The van der Waals surface area contributed by atoms with E-state index in [1.54, 1.807) is 12.1 Å². The first-order valence-corrected chi connectivity index (χ1v) is 9.32. The summed E-state index contributed by atoms with van der Waals surface area (Å²) in [6.07, 6.45) is 0. The Morgan fingerprint density at radius 1 is 1.19 bits per heavy atom. The zero-order chi connectivity index (χ0) is 19.2. The third kappa shape index (κ3) is 4.42. The van der Waals surface area contributed by atoms with E-state index in [0.29, 0.717) is 13.2 Å². The van der Waals surface area contributed by atoms with E-state index in [9.17, 15) is 15.2 Å². The van der Waals surface area contributed by atoms with Crippen LogP contribution in [0.15, 0.2) is 58.9 Å². The number of nitrogens with zero attached hydrogens (tertiary/aromatic N) is 3. The molecule has 0 bridgehead atoms. The Bertz CT molecular complexity index is 975. The predicted molar refractivity (Wildman–Crippen MR) is 104 cm³/mol. The molecule has 3 rings (SSSR count). The number of nitro benzene ring substituents is 1. The lowest BCUT2D eigenvalue weighted by Gasteiger charge is -2.07. The molecule has 0 atom stereocenters. The Labute approximate surface area is 160 Å². The fraction of sp³-hybridized carbons (Fsp3) is 0.211. The third-order valence-corrected chi connectivity index (χ3v) is 4.73. The number of nitro groups is 1. The van der Waals surface area contributed by atoms with Crippen LogP contribution < -0.4 is 9.54 Å². The topological polar surface area (TPSA) is 89.9 Å². The molecule has 8 heteroatoms. The van der Waals surface area contributed by atoms with Crippen molar-refractivity contribution in [3.8, 4) is 17.0 Å². The van der Waals surface area contributed by atoms with Crippen LogP contribution in [0.2, 0.25) is 0 Å². The van der Waals surface area contributed by atoms with Crippen molar-refractivity contribution in [3.63, 3.8) is 0 Å². The van der Waals surface area contributed by atoms with E-state index in [2.05, 4.69) is 4.99 Å². The Kier molecular flexibility index (Phi) is 6.00. The maximum atomic E-state index is 10.8. The monoisotopic (exact) mass is 385 g/mol. The van der Waals surface area contributed by atoms with Crippen LogP contribution in [-0.2, 0) is 6.54 Å². The molecule has 0 spiro atoms. The SMILES string of the molecule is CCOc1ccc(N=c2scc(-c3ccc([N+](=O)[O-])cc3)n2CCO)cc1. The van der Waals surface area contributed by atoms with Gasteiger partial charge in [-0.1, -0.05) is 0 Å². The maximum absolute atomic E-state index is 10.8. The molecule has 0 amide bonds. The van der Waals surface area contributed by atoms with Crippen molar-refractivity contribution in [2.24, 2.45) is 4.99 Å². The average molecular weight is 385 g/mol. The lowest BCUT2D eigenvalue weighted by molar-refractivity contribution is -0.384. The maximum Gasteiger partial charge on any atom is 0.269 e. The van der Waals surface area contributed by atoms with Gasteiger partial charge in [0.2, 0.25) is 0 Å². The van der Waals surface area contributed by atoms with Crippen LogP contribution in [0.1, 0.15) is 6.92 Å². The molecule has 0 saturated carbocycles. The lowest BCUT2D eigenvalue weighted by atomic mass is 10.1. The Morgan fingerprint density at radius 2 is 1.89 bits per heavy atom. The fourth-order valence-corrected chi connectivity index (χ4v) is 3.57. The number of aliphatic hydroxyl groups excluding tert-OH is 1. The van der Waals surface area contributed by atoms with Crippen molar-refractivity contribution < 1.29 is 14.8 Å². The van der Waals surface area contributed by atoms with Crippen molar-refractivity contribution in [1.29, 1.82) is 0 Å². The highest BCUT2D eigenvalue weighted by Gasteiger charge is 2.10. The smallest absolute Gasteiger partial charge is 0.269 e. The molecule has 0 aliphatic carbocycles. The summed E-state index contributed by atoms with van der Waals surface area (Å²) in [6.45, 7) is 2.89. The van der Waals surface area contributed by atoms with Crippen LogP contribution in [0.25, 0.3) is 11.3 Å². The first-order chi connectivity index (χ1) is 13.1. The van der Waals surface area contributed by atoms with Crippen LogP contribution >= 0.6 is 11.3 Å². The summed E-state index contributed by atoms with van der Waals surface area (Å²) >= 11 is 1.45. The van der Waals surface area contributed by atoms with Crippen molar-refractivity contribution in [3.05, 3.63) is 68.8 Å². The van der Waals surface area contributed by atoms with Gasteiger partial charge in [0.15, 0.2) is 4.80 Å². The van der Waals surface area contributed by atoms with E-state index in [-0.39, 0.29) is 12.3 Å². The summed E-state index contributed by atoms with van der Waals surface area (Å²) in [5, 5.41) is 22.2. The molecule has 1 aromatic heterocycles. The normalized spacial score (nSPS) is 11.6. The van der Waals surface area contributed by atoms with Gasteiger partial charge in [0.05, 0.1) is 29.5 Å². The van der Waals surface area contributed by atoms with E-state index < -0.39 is 4.92 Å². The van der Waals surface area contributed by atoms with Gasteiger partial charge in [-0.15, -0.1) is 11.3 Å². The number of hydrogen-bond donors (Lipinski definition) is 1. The number of non-ortho nitro benzene ring substituents is 1. The van der Waals surface area contributed by atoms with Gasteiger partial charge in [0, 0.05) is 24.1 Å². The van der Waals surface area contributed by atoms with Crippen LogP contribution in [0.3, 0.4) is 0 Å². The summed E-state index contributed by atoms with van der Waals surface area (Å²) in [7, 11) is 0. The second-order valence-corrected chi connectivity index (χ2v) is 6.46. The molecule has 3 aromatic rings. The average Bonchev–Trinajstić information content (AvgIpc) is 3.06. The number of ether oxygens (including phenoxy) is 1. The van der Waals surface area contributed by atoms with Crippen molar-refractivity contribution >= 4 is 22.7 Å². The molecule has 1 N–H and O–H groups in total. The van der Waals surface area contributed by atoms with Crippen LogP contribution in [0, 0.1) is 10.1 Å². The highest BCUT2D eigenvalue weighted by molar-refractivity contribution is 7.07. The number of thiazole rings is 1. The zero-order valence-corrected chi connectivity index (χ0v) is 15.6. The van der Waals surface area contributed by atoms with Gasteiger partial charge in [0.25, 0.3) is 5.69 Å². The molecule has 27 heavy (non-hydrogen) atoms. The van der Waals surface area contributed by atoms with Gasteiger partial charge in [0.1, 0.15) is 5.75 Å². The summed E-state index contributed by atoms with van der Waals surface area (Å²) < 4.78 is 7.34. The second kappa shape index (κ2) is 8.61. The number of aliphatic hydroxyl groups is 1. The lowest BCUT2D eigenvalue weighted by Crippen LogP contribution is -2.17. The standard InChI is InChI=1S/C19H19N3O4S/c1-2-26-17-9-5-15(6-10-17)20-19-21(11-12-23)18(13-27-19)14-3-7-16(8-4-14)22(24)25/h3-10,13,23H,2,11-12H2,1H3. The van der Waals surface area contributed by atoms with E-state index in [1.165, 1.54) is 23.5 Å². The van der Waals surface area contributed by atoms with Gasteiger partial charge in [-0.05, 0) is 48.9 Å². The molecule has 7 nitrogen and oxygen atoms in total. The summed E-state index contributed by atoms with van der Waals surface area (Å²) in [5.74, 6) is 0.789. The van der Waals surface area contributed by atoms with Crippen LogP contribution in [0.5, 0.6) is 5.75 Å². The number of benzene rings is 2. The first-order valence-electron chi connectivity index (χ1n) is 8.44. The Balaban J connectivity index is 1.98. The van der Waals surface area contributed by atoms with Crippen molar-refractivity contribution in [2.45, 2.75) is 13.5 Å². The Morgan fingerprint density at radius 3 is 2.48 bits per heavy atom. The molecular weight excluding hydrogens is 366 g/mol. The molecule has 0 unspecified atom stereocenters. The highest BCUT2D eigenvalue weighted by Crippen LogP contribution is 2.24. The molecule has 0 aliphatic rings. The molecule has 0 fully saturated rings. The molecule has 0 aliphatic heterocycles. The number of hydrogen-bond acceptors (Lipinski definition) is 6. The third-order valence-electron chi connectivity index (χ3n) is 3.87. The van der Waals surface area contributed by atoms with Gasteiger partial charge in [-0.3, -0.25) is 10.1 Å². The summed E-state index contributed by atoms with van der Waals surface area (Å²) in [4.78, 5) is 15.8. The van der Waals surface area contributed by atoms with Gasteiger partial charge in [-0.25, -0.2) is 4.99 Å². The van der Waals surface area contributed by atoms with E-state index in [0.717, 1.165) is 27.5 Å². The molecular formula is C19H19N3O4S. The quantitative estimate of drug-likeness (QED) is 0.495. The predicted octanol–water partition coefficient (Wildman–Crippen LogP) is 3.75. The largest absolute Gasteiger partial charge is 0.494 e. The Hall–Kier alpha value is -2.97. The fourth-order valence-electron chi connectivity index (χ4n) is 2.61. The second-order valence-electron chi connectivity index (χ2n) is 5.62. The minimum atomic E-state index is -0.425. The number of rotatable bonds is 7. The molecule has 1 heterocycles. The highest BCUT2D eigenvalue weighted by atomic mass is 32.1. The van der Waals surface area contributed by atoms with Gasteiger partial charge < -0.3 is 14.4 Å². The molecule has 140 valence electrons. The molecule has 0 radical (unpaired) electrons. The van der Waals surface area contributed by atoms with E-state index in [4.69, 9.17) is 4.74 Å². The molecule has 0 saturated heterocycles. The van der Waals surface area contributed by atoms with Crippen molar-refractivity contribution in [2.75, 3.05) is 13.2 Å². The number of aromatic nitrogens is 1. The molecule has 2 aromatic carbocycles. The van der Waals surface area contributed by atoms with Gasteiger partial charge >= 0.3 is 0 Å². The summed E-state index contributed by atoms with van der Waals surface area (Å²) in [6, 6.07) is 13.8. The van der Waals surface area contributed by atoms with Gasteiger partial charge in [-0.2, -0.15) is 0 Å². The van der Waals surface area contributed by atoms with E-state index in [1.807, 2.05) is 41.1 Å². The van der Waals surface area contributed by atoms with Crippen molar-refractivity contribution in [1.82, 2.24) is 4.57 Å². The van der Waals surface area contributed by atoms with E-state index >= 15 is 0 Å². The van der Waals surface area contributed by atoms with Crippen LogP contribution in [0.4, 0.5) is 11.4 Å². The first kappa shape index (κ1) is 18.8.